The van der Waals surface area contributed by atoms with Crippen LogP contribution in [-0.2, 0) is 20.6 Å². The molecule has 0 saturated carbocycles. The van der Waals surface area contributed by atoms with Gasteiger partial charge in [0.15, 0.2) is 0 Å². The molecule has 0 radical (unpaired) electrons. The van der Waals surface area contributed by atoms with Gasteiger partial charge in [0.05, 0.1) is 0 Å². The summed E-state index contributed by atoms with van der Waals surface area (Å²) in [6.45, 7) is 3.58. The van der Waals surface area contributed by atoms with Crippen LogP contribution >= 0.6 is 0 Å². The third-order valence-electron chi connectivity index (χ3n) is 0.780. The van der Waals surface area contributed by atoms with Crippen LogP contribution in [-0.4, -0.2) is 11.7 Å². The Kier molecular flexibility index (Phi) is 5.31. The van der Waals surface area contributed by atoms with Crippen molar-refractivity contribution < 1.29 is 20.6 Å². The second-order valence-electron chi connectivity index (χ2n) is 1.40. The van der Waals surface area contributed by atoms with Crippen molar-refractivity contribution in [1.29, 1.82) is 0 Å². The summed E-state index contributed by atoms with van der Waals surface area (Å²) < 4.78 is 5.81. The molecule has 8 heavy (non-hydrogen) atoms. The molecule has 1 nitrogen and oxygen atoms in total. The molecule has 0 aliphatic heterocycles. The molecule has 0 rings (SSSR count). The predicted molar refractivity (Wildman–Crippen MR) is 31.4 cm³/mol. The van der Waals surface area contributed by atoms with Crippen molar-refractivity contribution in [2.24, 2.45) is 0 Å². The van der Waals surface area contributed by atoms with Gasteiger partial charge in [0.2, 0.25) is 0 Å². The molecule has 0 aromatic heterocycles. The van der Waals surface area contributed by atoms with Gasteiger partial charge in [0, 0.05) is 0 Å². The number of methoxy groups -OCH3 is 1. The van der Waals surface area contributed by atoms with Gasteiger partial charge in [-0.3, -0.25) is 0 Å². The summed E-state index contributed by atoms with van der Waals surface area (Å²) in [5, 5.41) is 0. The normalized spacial score (nSPS) is 8.62. The number of hydrogen-bond donors (Lipinski definition) is 0. The van der Waals surface area contributed by atoms with Crippen LogP contribution in [0.4, 0.5) is 0 Å². The van der Waals surface area contributed by atoms with Gasteiger partial charge in [0.1, 0.15) is 0 Å². The molecule has 0 atom stereocenters. The minimum atomic E-state index is 0.944. The molecule has 0 amide bonds. The van der Waals surface area contributed by atoms with Crippen molar-refractivity contribution in [1.82, 2.24) is 0 Å². The first kappa shape index (κ1) is 8.10. The fourth-order valence-electron chi connectivity index (χ4n) is 0.322. The Balaban J connectivity index is 3.11. The van der Waals surface area contributed by atoms with Crippen LogP contribution in [0.2, 0.25) is 0 Å². The van der Waals surface area contributed by atoms with Gasteiger partial charge >= 0.3 is 57.8 Å². The van der Waals surface area contributed by atoms with Crippen LogP contribution in [0, 0.1) is 0 Å². The molecule has 0 spiro atoms. The Morgan fingerprint density at radius 1 is 1.88 bits per heavy atom. The molecule has 46 valence electrons. The third kappa shape index (κ3) is 4.27. The van der Waals surface area contributed by atoms with E-state index in [0.717, 1.165) is 17.4 Å². The second kappa shape index (κ2) is 5.24. The maximum atomic E-state index is 4.87. The van der Waals surface area contributed by atoms with Gasteiger partial charge in [-0.05, 0) is 0 Å². The van der Waals surface area contributed by atoms with E-state index in [1.165, 1.54) is 0 Å². The van der Waals surface area contributed by atoms with Gasteiger partial charge in [0.25, 0.3) is 0 Å². The van der Waals surface area contributed by atoms with Crippen molar-refractivity contribution in [3.8, 4) is 0 Å². The monoisotopic (exact) mass is 150 g/mol. The van der Waals surface area contributed by atoms with Crippen molar-refractivity contribution in [2.75, 3.05) is 7.11 Å². The van der Waals surface area contributed by atoms with Gasteiger partial charge in [-0.15, -0.1) is 0 Å². The predicted octanol–water partition coefficient (Wildman–Crippen LogP) is 1.28. The Morgan fingerprint density at radius 3 is 2.88 bits per heavy atom. The maximum absolute atomic E-state index is 4.87. The van der Waals surface area contributed by atoms with Crippen molar-refractivity contribution >= 4 is 4.57 Å². The summed E-state index contributed by atoms with van der Waals surface area (Å²) in [5.41, 5.74) is 0. The standard InChI is InChI=1S/C6H10O.Cr/c1-3-4-5-6-7-2;/h3H,1,4-5H2,2H3;. The summed E-state index contributed by atoms with van der Waals surface area (Å²) in [7, 11) is 1.66. The molecule has 0 fully saturated rings. The van der Waals surface area contributed by atoms with Crippen molar-refractivity contribution in [3.63, 3.8) is 0 Å². The SMILES string of the molecule is C=CCC[C](=[Cr])OC. The van der Waals surface area contributed by atoms with E-state index in [4.69, 9.17) is 4.74 Å². The first-order valence-electron chi connectivity index (χ1n) is 2.49. The molecule has 0 aromatic carbocycles. The van der Waals surface area contributed by atoms with E-state index in [9.17, 15) is 0 Å². The molecule has 2 heteroatoms. The molecule has 0 N–H and O–H groups in total. The van der Waals surface area contributed by atoms with E-state index in [2.05, 4.69) is 22.4 Å². The van der Waals surface area contributed by atoms with Crippen LogP contribution in [0.25, 0.3) is 0 Å². The topological polar surface area (TPSA) is 9.23 Å². The zero-order valence-electron chi connectivity index (χ0n) is 5.02. The van der Waals surface area contributed by atoms with Crippen LogP contribution in [0.3, 0.4) is 0 Å². The molecule has 0 unspecified atom stereocenters. The fraction of sp³-hybridized carbons (Fsp3) is 0.500. The van der Waals surface area contributed by atoms with E-state index in [1.54, 1.807) is 7.11 Å². The summed E-state index contributed by atoms with van der Waals surface area (Å²) in [6.07, 6.45) is 3.80. The zero-order valence-corrected chi connectivity index (χ0v) is 6.29. The number of allylic oxidation sites excluding steroid dienone is 1. The Hall–Kier alpha value is 0.102. The Bertz CT molecular complexity index is 88.5. The molecular weight excluding hydrogens is 140 g/mol. The number of rotatable bonds is 4. The van der Waals surface area contributed by atoms with E-state index in [-0.39, 0.29) is 0 Å². The number of ether oxygens (including phenoxy) is 1. The van der Waals surface area contributed by atoms with Crippen LogP contribution in [0.1, 0.15) is 12.8 Å². The Morgan fingerprint density at radius 2 is 2.50 bits per heavy atom. The van der Waals surface area contributed by atoms with E-state index in [1.807, 2.05) is 6.08 Å². The van der Waals surface area contributed by atoms with E-state index >= 15 is 0 Å². The van der Waals surface area contributed by atoms with Gasteiger partial charge in [-0.25, -0.2) is 0 Å². The first-order chi connectivity index (χ1) is 3.81. The van der Waals surface area contributed by atoms with Crippen LogP contribution in [0.15, 0.2) is 12.7 Å². The average Bonchev–Trinajstić information content (AvgIpc) is 1.83. The quantitative estimate of drug-likeness (QED) is 0.548. The van der Waals surface area contributed by atoms with Gasteiger partial charge in [-0.1, -0.05) is 0 Å². The molecule has 0 saturated heterocycles. The van der Waals surface area contributed by atoms with Gasteiger partial charge < -0.3 is 0 Å². The fourth-order valence-corrected chi connectivity index (χ4v) is 0.506. The molecule has 0 aliphatic carbocycles. The van der Waals surface area contributed by atoms with Crippen LogP contribution in [0.5, 0.6) is 0 Å². The van der Waals surface area contributed by atoms with Crippen molar-refractivity contribution in [3.05, 3.63) is 12.7 Å². The van der Waals surface area contributed by atoms with Crippen LogP contribution < -0.4 is 0 Å². The summed E-state index contributed by atoms with van der Waals surface area (Å²) in [6, 6.07) is 0. The van der Waals surface area contributed by atoms with E-state index in [0.29, 0.717) is 0 Å². The van der Waals surface area contributed by atoms with Crippen molar-refractivity contribution in [2.45, 2.75) is 12.8 Å². The molecule has 0 heterocycles. The number of hydrogen-bond acceptors (Lipinski definition) is 1. The summed E-state index contributed by atoms with van der Waals surface area (Å²) in [4.78, 5) is 0. The zero-order chi connectivity index (χ0) is 6.41. The summed E-state index contributed by atoms with van der Waals surface area (Å²) >= 11 is 2.81. The Labute approximate surface area is 58.3 Å². The first-order valence-corrected chi connectivity index (χ1v) is 3.12. The minimum absolute atomic E-state index is 0.944. The molecule has 0 bridgehead atoms. The van der Waals surface area contributed by atoms with Gasteiger partial charge in [-0.2, -0.15) is 0 Å². The molecule has 0 aliphatic rings. The average molecular weight is 150 g/mol. The third-order valence-corrected chi connectivity index (χ3v) is 1.36. The van der Waals surface area contributed by atoms with E-state index < -0.39 is 0 Å². The summed E-state index contributed by atoms with van der Waals surface area (Å²) in [5.74, 6) is 0. The second-order valence-corrected chi connectivity index (χ2v) is 2.11. The molecular formula is C6H10CrO. The molecule has 0 aromatic rings.